The van der Waals surface area contributed by atoms with Gasteiger partial charge in [-0.2, -0.15) is 9.57 Å². The average Bonchev–Trinajstić information content (AvgIpc) is 3.15. The SMILES string of the molecule is CS(=O)(=O)N(CCC#N)Cc1ccc(/C=C2\C(=O)NC(=S)N(c3ccccc3)C2=O)o1. The number of benzene rings is 1. The normalized spacial score (nSPS) is 16.0. The van der Waals surface area contributed by atoms with Crippen molar-refractivity contribution in [1.29, 1.82) is 5.26 Å². The summed E-state index contributed by atoms with van der Waals surface area (Å²) in [5, 5.41) is 11.2. The predicted molar refractivity (Wildman–Crippen MR) is 117 cm³/mol. The summed E-state index contributed by atoms with van der Waals surface area (Å²) in [4.78, 5) is 26.5. The van der Waals surface area contributed by atoms with Crippen molar-refractivity contribution in [2.45, 2.75) is 13.0 Å². The molecule has 1 fully saturated rings. The van der Waals surface area contributed by atoms with Crippen LogP contribution in [0.25, 0.3) is 6.08 Å². The van der Waals surface area contributed by atoms with E-state index in [1.807, 2.05) is 6.07 Å². The minimum atomic E-state index is -3.55. The highest BCUT2D eigenvalue weighted by Crippen LogP contribution is 2.22. The van der Waals surface area contributed by atoms with Gasteiger partial charge in [0, 0.05) is 13.0 Å². The molecule has 0 radical (unpaired) electrons. The zero-order valence-electron chi connectivity index (χ0n) is 16.4. The zero-order valence-corrected chi connectivity index (χ0v) is 18.1. The van der Waals surface area contributed by atoms with Gasteiger partial charge in [-0.1, -0.05) is 18.2 Å². The van der Waals surface area contributed by atoms with Crippen LogP contribution in [0.1, 0.15) is 17.9 Å². The van der Waals surface area contributed by atoms with Crippen LogP contribution in [0.4, 0.5) is 5.69 Å². The second kappa shape index (κ2) is 9.22. The summed E-state index contributed by atoms with van der Waals surface area (Å²) in [6.45, 7) is -0.0547. The number of sulfonamides is 1. The van der Waals surface area contributed by atoms with Gasteiger partial charge in [0.2, 0.25) is 10.0 Å². The van der Waals surface area contributed by atoms with E-state index in [9.17, 15) is 18.0 Å². The summed E-state index contributed by atoms with van der Waals surface area (Å²) in [7, 11) is -3.55. The first kappa shape index (κ1) is 22.4. The number of rotatable bonds is 7. The number of furan rings is 1. The molecule has 2 heterocycles. The fraction of sp³-hybridized carbons (Fsp3) is 0.200. The maximum absolute atomic E-state index is 12.9. The number of anilines is 1. The van der Waals surface area contributed by atoms with E-state index in [2.05, 4.69) is 5.32 Å². The van der Waals surface area contributed by atoms with Crippen LogP contribution in [-0.2, 0) is 26.2 Å². The van der Waals surface area contributed by atoms with E-state index in [1.54, 1.807) is 36.4 Å². The van der Waals surface area contributed by atoms with Gasteiger partial charge in [-0.05, 0) is 42.6 Å². The third kappa shape index (κ3) is 5.24. The zero-order chi connectivity index (χ0) is 22.6. The van der Waals surface area contributed by atoms with Gasteiger partial charge in [0.15, 0.2) is 5.11 Å². The largest absolute Gasteiger partial charge is 0.460 e. The van der Waals surface area contributed by atoms with Gasteiger partial charge >= 0.3 is 0 Å². The quantitative estimate of drug-likeness (QED) is 0.381. The molecule has 160 valence electrons. The molecule has 3 rings (SSSR count). The van der Waals surface area contributed by atoms with E-state index < -0.39 is 21.8 Å². The van der Waals surface area contributed by atoms with Crippen molar-refractivity contribution in [3.8, 4) is 6.07 Å². The molecule has 2 aromatic rings. The van der Waals surface area contributed by atoms with Crippen LogP contribution >= 0.6 is 12.2 Å². The smallest absolute Gasteiger partial charge is 0.270 e. The number of nitrogens with one attached hydrogen (secondary N) is 1. The lowest BCUT2D eigenvalue weighted by Gasteiger charge is -2.28. The summed E-state index contributed by atoms with van der Waals surface area (Å²) < 4.78 is 30.5. The second-order valence-electron chi connectivity index (χ2n) is 6.60. The van der Waals surface area contributed by atoms with Crippen molar-refractivity contribution in [2.24, 2.45) is 0 Å². The Hall–Kier alpha value is -3.33. The summed E-state index contributed by atoms with van der Waals surface area (Å²) in [6, 6.07) is 13.6. The number of carbonyl (C=O) groups is 2. The van der Waals surface area contributed by atoms with Crippen molar-refractivity contribution < 1.29 is 22.4 Å². The van der Waals surface area contributed by atoms with Crippen LogP contribution in [-0.4, -0.2) is 42.5 Å². The standard InChI is InChI=1S/C20H18N4O5S2/c1-31(27,28)23(11-5-10-21)13-16-9-8-15(29-16)12-17-18(25)22-20(30)24(19(17)26)14-6-3-2-4-7-14/h2-4,6-9,12H,5,11,13H2,1H3,(H,22,25,30)/b17-12+. The predicted octanol–water partition coefficient (Wildman–Crippen LogP) is 1.79. The third-order valence-corrected chi connectivity index (χ3v) is 5.89. The van der Waals surface area contributed by atoms with E-state index >= 15 is 0 Å². The van der Waals surface area contributed by atoms with Crippen LogP contribution in [0.15, 0.2) is 52.5 Å². The molecule has 11 heteroatoms. The average molecular weight is 459 g/mol. The van der Waals surface area contributed by atoms with Crippen LogP contribution in [0.5, 0.6) is 0 Å². The number of amides is 2. The van der Waals surface area contributed by atoms with Gasteiger partial charge in [0.1, 0.15) is 17.1 Å². The molecule has 0 atom stereocenters. The molecule has 1 N–H and O–H groups in total. The molecule has 0 spiro atoms. The highest BCUT2D eigenvalue weighted by Gasteiger charge is 2.34. The first-order valence-corrected chi connectivity index (χ1v) is 11.3. The maximum atomic E-state index is 12.9. The Bertz CT molecular complexity index is 1200. The number of hydrogen-bond donors (Lipinski definition) is 1. The van der Waals surface area contributed by atoms with E-state index in [4.69, 9.17) is 21.9 Å². The van der Waals surface area contributed by atoms with Gasteiger partial charge < -0.3 is 4.42 Å². The van der Waals surface area contributed by atoms with Crippen LogP contribution in [0.2, 0.25) is 0 Å². The summed E-state index contributed by atoms with van der Waals surface area (Å²) in [5.41, 5.74) is 0.327. The number of nitriles is 1. The molecule has 0 bridgehead atoms. The van der Waals surface area contributed by atoms with Crippen molar-refractivity contribution >= 4 is 50.9 Å². The summed E-state index contributed by atoms with van der Waals surface area (Å²) in [5.74, 6) is -0.769. The van der Waals surface area contributed by atoms with Crippen molar-refractivity contribution in [3.05, 3.63) is 59.6 Å². The lowest BCUT2D eigenvalue weighted by molar-refractivity contribution is -0.122. The molecular formula is C20H18N4O5S2. The fourth-order valence-corrected chi connectivity index (χ4v) is 3.94. The summed E-state index contributed by atoms with van der Waals surface area (Å²) in [6.07, 6.45) is 2.36. The Morgan fingerprint density at radius 2 is 1.94 bits per heavy atom. The molecule has 0 saturated carbocycles. The third-order valence-electron chi connectivity index (χ3n) is 4.36. The van der Waals surface area contributed by atoms with Crippen LogP contribution in [0.3, 0.4) is 0 Å². The molecule has 1 aliphatic rings. The Kier molecular flexibility index (Phi) is 6.65. The van der Waals surface area contributed by atoms with Gasteiger partial charge in [-0.3, -0.25) is 19.8 Å². The molecule has 9 nitrogen and oxygen atoms in total. The van der Waals surface area contributed by atoms with Crippen LogP contribution < -0.4 is 10.2 Å². The molecule has 0 aliphatic carbocycles. The minimum absolute atomic E-state index is 0.0246. The van der Waals surface area contributed by atoms with Crippen molar-refractivity contribution in [1.82, 2.24) is 9.62 Å². The van der Waals surface area contributed by atoms with E-state index in [0.29, 0.717) is 11.4 Å². The first-order chi connectivity index (χ1) is 14.7. The minimum Gasteiger partial charge on any atom is -0.460 e. The van der Waals surface area contributed by atoms with Crippen molar-refractivity contribution in [2.75, 3.05) is 17.7 Å². The number of nitrogens with zero attached hydrogens (tertiary/aromatic N) is 3. The second-order valence-corrected chi connectivity index (χ2v) is 8.97. The Balaban J connectivity index is 1.85. The van der Waals surface area contributed by atoms with E-state index in [-0.39, 0.29) is 36.0 Å². The molecule has 31 heavy (non-hydrogen) atoms. The van der Waals surface area contributed by atoms with E-state index in [1.165, 1.54) is 17.0 Å². The molecule has 1 aromatic carbocycles. The van der Waals surface area contributed by atoms with Gasteiger partial charge in [-0.25, -0.2) is 8.42 Å². The van der Waals surface area contributed by atoms with Crippen molar-refractivity contribution in [3.63, 3.8) is 0 Å². The Morgan fingerprint density at radius 3 is 2.58 bits per heavy atom. The lowest BCUT2D eigenvalue weighted by Crippen LogP contribution is -2.54. The van der Waals surface area contributed by atoms with Gasteiger partial charge in [0.05, 0.1) is 24.6 Å². The molecule has 2 amide bonds. The highest BCUT2D eigenvalue weighted by molar-refractivity contribution is 7.88. The number of thiocarbonyl (C=S) groups is 1. The van der Waals surface area contributed by atoms with E-state index in [0.717, 1.165) is 10.6 Å². The Morgan fingerprint density at radius 1 is 1.23 bits per heavy atom. The molecular weight excluding hydrogens is 440 g/mol. The molecule has 1 aliphatic heterocycles. The molecule has 1 aromatic heterocycles. The molecule has 0 unspecified atom stereocenters. The number of carbonyl (C=O) groups excluding carboxylic acids is 2. The topological polar surface area (TPSA) is 124 Å². The molecule has 1 saturated heterocycles. The fourth-order valence-electron chi connectivity index (χ4n) is 2.88. The maximum Gasteiger partial charge on any atom is 0.270 e. The number of para-hydroxylation sites is 1. The van der Waals surface area contributed by atoms with Gasteiger partial charge in [0.25, 0.3) is 11.8 Å². The Labute approximate surface area is 184 Å². The monoisotopic (exact) mass is 458 g/mol. The summed E-state index contributed by atoms with van der Waals surface area (Å²) >= 11 is 5.14. The van der Waals surface area contributed by atoms with Crippen LogP contribution in [0, 0.1) is 11.3 Å². The number of hydrogen-bond acceptors (Lipinski definition) is 7. The highest BCUT2D eigenvalue weighted by atomic mass is 32.2. The lowest BCUT2D eigenvalue weighted by atomic mass is 10.1. The van der Waals surface area contributed by atoms with Gasteiger partial charge in [-0.15, -0.1) is 0 Å². The first-order valence-electron chi connectivity index (χ1n) is 9.08.